The molecule has 1 aromatic heterocycles. The molecular formula is C19H18N4O2. The van der Waals surface area contributed by atoms with Crippen molar-refractivity contribution in [2.45, 2.75) is 6.42 Å². The number of hydrogen-bond acceptors (Lipinski definition) is 3. The first kappa shape index (κ1) is 16.4. The van der Waals surface area contributed by atoms with Gasteiger partial charge in [-0.15, -0.1) is 0 Å². The third-order valence-electron chi connectivity index (χ3n) is 3.67. The second-order valence-electron chi connectivity index (χ2n) is 5.43. The Morgan fingerprint density at radius 2 is 1.64 bits per heavy atom. The average Bonchev–Trinajstić information content (AvgIpc) is 3.05. The molecule has 3 rings (SSSR count). The summed E-state index contributed by atoms with van der Waals surface area (Å²) in [7, 11) is 1.58. The van der Waals surface area contributed by atoms with Crippen molar-refractivity contribution in [3.8, 4) is 5.69 Å². The molecule has 126 valence electrons. The van der Waals surface area contributed by atoms with E-state index in [0.29, 0.717) is 17.2 Å². The second-order valence-corrected chi connectivity index (χ2v) is 5.43. The lowest BCUT2D eigenvalue weighted by Crippen LogP contribution is -2.20. The Bertz CT molecular complexity index is 873. The van der Waals surface area contributed by atoms with Crippen molar-refractivity contribution >= 4 is 17.8 Å². The van der Waals surface area contributed by atoms with Gasteiger partial charge in [-0.1, -0.05) is 36.4 Å². The molecule has 0 atom stereocenters. The van der Waals surface area contributed by atoms with Crippen LogP contribution in [0.3, 0.4) is 0 Å². The summed E-state index contributed by atoms with van der Waals surface area (Å²) in [4.78, 5) is 28.5. The Morgan fingerprint density at radius 1 is 1.00 bits per heavy atom. The van der Waals surface area contributed by atoms with Crippen LogP contribution < -0.4 is 10.6 Å². The van der Waals surface area contributed by atoms with E-state index in [9.17, 15) is 9.59 Å². The number of imidazole rings is 1. The molecule has 0 saturated heterocycles. The minimum Gasteiger partial charge on any atom is -0.359 e. The van der Waals surface area contributed by atoms with E-state index in [4.69, 9.17) is 0 Å². The highest BCUT2D eigenvalue weighted by atomic mass is 16.2. The van der Waals surface area contributed by atoms with Gasteiger partial charge < -0.3 is 5.32 Å². The number of rotatable bonds is 5. The van der Waals surface area contributed by atoms with Crippen LogP contribution in [0.15, 0.2) is 66.9 Å². The van der Waals surface area contributed by atoms with Crippen molar-refractivity contribution in [1.29, 1.82) is 0 Å². The van der Waals surface area contributed by atoms with Gasteiger partial charge in [0.2, 0.25) is 11.9 Å². The van der Waals surface area contributed by atoms with Gasteiger partial charge in [0.15, 0.2) is 0 Å². The standard InChI is InChI=1S/C19H18N4O2/c1-20-17(24)12-15-13-23(16-10-6-3-7-11-16)19(21-15)22-18(25)14-8-4-2-5-9-14/h2-11,13H,12H2,1H3,(H,20,24)(H,21,22,25). The first-order valence-corrected chi connectivity index (χ1v) is 7.88. The summed E-state index contributed by atoms with van der Waals surface area (Å²) in [6.45, 7) is 0. The molecular weight excluding hydrogens is 316 g/mol. The molecule has 0 spiro atoms. The molecule has 0 unspecified atom stereocenters. The summed E-state index contributed by atoms with van der Waals surface area (Å²) in [6.07, 6.45) is 1.90. The van der Waals surface area contributed by atoms with Crippen LogP contribution in [0.1, 0.15) is 16.1 Å². The van der Waals surface area contributed by atoms with Crippen LogP contribution in [0.5, 0.6) is 0 Å². The zero-order valence-electron chi connectivity index (χ0n) is 13.8. The highest BCUT2D eigenvalue weighted by Gasteiger charge is 2.15. The molecule has 6 heteroatoms. The van der Waals surface area contributed by atoms with Gasteiger partial charge in [-0.3, -0.25) is 19.5 Å². The van der Waals surface area contributed by atoms with Gasteiger partial charge >= 0.3 is 0 Å². The Hall–Kier alpha value is -3.41. The van der Waals surface area contributed by atoms with Gasteiger partial charge in [0.1, 0.15) is 0 Å². The minimum atomic E-state index is -0.255. The molecule has 0 aliphatic rings. The lowest BCUT2D eigenvalue weighted by atomic mass is 10.2. The van der Waals surface area contributed by atoms with Crippen molar-refractivity contribution in [1.82, 2.24) is 14.9 Å². The molecule has 2 N–H and O–H groups in total. The van der Waals surface area contributed by atoms with E-state index < -0.39 is 0 Å². The van der Waals surface area contributed by atoms with Gasteiger partial charge in [-0.05, 0) is 24.3 Å². The Labute approximate surface area is 145 Å². The van der Waals surface area contributed by atoms with Gasteiger partial charge in [0.25, 0.3) is 5.91 Å². The van der Waals surface area contributed by atoms with Crippen LogP contribution in [0, 0.1) is 0 Å². The highest BCUT2D eigenvalue weighted by molar-refractivity contribution is 6.03. The summed E-state index contributed by atoms with van der Waals surface area (Å²) >= 11 is 0. The van der Waals surface area contributed by atoms with E-state index in [0.717, 1.165) is 5.69 Å². The number of nitrogens with zero attached hydrogens (tertiary/aromatic N) is 2. The predicted molar refractivity (Wildman–Crippen MR) is 95.7 cm³/mol. The monoisotopic (exact) mass is 334 g/mol. The van der Waals surface area contributed by atoms with Crippen LogP contribution in [0.4, 0.5) is 5.95 Å². The van der Waals surface area contributed by atoms with Crippen LogP contribution in [0.2, 0.25) is 0 Å². The predicted octanol–water partition coefficient (Wildman–Crippen LogP) is 2.41. The summed E-state index contributed by atoms with van der Waals surface area (Å²) in [6, 6.07) is 18.4. The number of carbonyl (C=O) groups excluding carboxylic acids is 2. The van der Waals surface area contributed by atoms with E-state index in [1.807, 2.05) is 36.4 Å². The first-order valence-electron chi connectivity index (χ1n) is 7.88. The number of aromatic nitrogens is 2. The van der Waals surface area contributed by atoms with Gasteiger partial charge in [-0.25, -0.2) is 4.98 Å². The molecule has 0 radical (unpaired) electrons. The molecule has 0 saturated carbocycles. The zero-order chi connectivity index (χ0) is 17.6. The number of para-hydroxylation sites is 1. The van der Waals surface area contributed by atoms with E-state index in [1.54, 1.807) is 42.1 Å². The van der Waals surface area contributed by atoms with E-state index in [1.165, 1.54) is 0 Å². The lowest BCUT2D eigenvalue weighted by Gasteiger charge is -2.08. The molecule has 0 aliphatic carbocycles. The normalized spacial score (nSPS) is 10.3. The molecule has 6 nitrogen and oxygen atoms in total. The van der Waals surface area contributed by atoms with Crippen LogP contribution in [-0.2, 0) is 11.2 Å². The summed E-state index contributed by atoms with van der Waals surface area (Å²) < 4.78 is 1.76. The Balaban J connectivity index is 1.93. The summed E-state index contributed by atoms with van der Waals surface area (Å²) in [5.41, 5.74) is 1.96. The third-order valence-corrected chi connectivity index (χ3v) is 3.67. The summed E-state index contributed by atoms with van der Waals surface area (Å²) in [5, 5.41) is 5.39. The maximum atomic E-state index is 12.4. The summed E-state index contributed by atoms with van der Waals surface area (Å²) in [5.74, 6) is -0.0209. The fraction of sp³-hybridized carbons (Fsp3) is 0.105. The number of amides is 2. The molecule has 2 amide bonds. The maximum absolute atomic E-state index is 12.4. The molecule has 25 heavy (non-hydrogen) atoms. The van der Waals surface area contributed by atoms with E-state index >= 15 is 0 Å². The zero-order valence-corrected chi connectivity index (χ0v) is 13.8. The van der Waals surface area contributed by atoms with Crippen molar-refractivity contribution in [3.63, 3.8) is 0 Å². The van der Waals surface area contributed by atoms with Crippen molar-refractivity contribution < 1.29 is 9.59 Å². The van der Waals surface area contributed by atoms with Crippen molar-refractivity contribution in [2.75, 3.05) is 12.4 Å². The minimum absolute atomic E-state index is 0.140. The van der Waals surface area contributed by atoms with Crippen molar-refractivity contribution in [3.05, 3.63) is 78.1 Å². The van der Waals surface area contributed by atoms with Crippen molar-refractivity contribution in [2.24, 2.45) is 0 Å². The fourth-order valence-corrected chi connectivity index (χ4v) is 2.40. The SMILES string of the molecule is CNC(=O)Cc1cn(-c2ccccc2)c(NC(=O)c2ccccc2)n1. The topological polar surface area (TPSA) is 76.0 Å². The van der Waals surface area contributed by atoms with E-state index in [-0.39, 0.29) is 18.2 Å². The molecule has 0 aliphatic heterocycles. The third kappa shape index (κ3) is 3.92. The fourth-order valence-electron chi connectivity index (χ4n) is 2.40. The number of hydrogen-bond donors (Lipinski definition) is 2. The van der Waals surface area contributed by atoms with Gasteiger partial charge in [-0.2, -0.15) is 0 Å². The largest absolute Gasteiger partial charge is 0.359 e. The molecule has 3 aromatic rings. The number of carbonyl (C=O) groups is 2. The molecule has 1 heterocycles. The number of nitrogens with one attached hydrogen (secondary N) is 2. The van der Waals surface area contributed by atoms with Gasteiger partial charge in [0.05, 0.1) is 12.1 Å². The molecule has 0 bridgehead atoms. The highest BCUT2D eigenvalue weighted by Crippen LogP contribution is 2.18. The van der Waals surface area contributed by atoms with Gasteiger partial charge in [0, 0.05) is 24.5 Å². The maximum Gasteiger partial charge on any atom is 0.257 e. The second kappa shape index (κ2) is 7.44. The van der Waals surface area contributed by atoms with E-state index in [2.05, 4.69) is 15.6 Å². The lowest BCUT2D eigenvalue weighted by molar-refractivity contribution is -0.120. The van der Waals surface area contributed by atoms with Crippen LogP contribution >= 0.6 is 0 Å². The molecule has 0 fully saturated rings. The Morgan fingerprint density at radius 3 is 2.28 bits per heavy atom. The smallest absolute Gasteiger partial charge is 0.257 e. The number of anilines is 1. The van der Waals surface area contributed by atoms with Crippen LogP contribution in [-0.4, -0.2) is 28.4 Å². The van der Waals surface area contributed by atoms with Crippen LogP contribution in [0.25, 0.3) is 5.69 Å². The quantitative estimate of drug-likeness (QED) is 0.752. The molecule has 2 aromatic carbocycles. The number of benzene rings is 2. The average molecular weight is 334 g/mol. The Kier molecular flexibility index (Phi) is 4.89. The first-order chi connectivity index (χ1) is 12.2. The number of likely N-dealkylation sites (N-methyl/N-ethyl adjacent to an activating group) is 1.